The third-order valence-electron chi connectivity index (χ3n) is 3.63. The summed E-state index contributed by atoms with van der Waals surface area (Å²) in [5, 5.41) is 3.53. The number of anilines is 1. The van der Waals surface area contributed by atoms with Crippen LogP contribution in [0, 0.1) is 12.8 Å². The van der Waals surface area contributed by atoms with Gasteiger partial charge in [0.05, 0.1) is 18.3 Å². The molecule has 0 bridgehead atoms. The molecule has 0 aromatic carbocycles. The van der Waals surface area contributed by atoms with Crippen molar-refractivity contribution in [2.24, 2.45) is 5.92 Å². The molecule has 1 N–H and O–H groups in total. The van der Waals surface area contributed by atoms with E-state index in [-0.39, 0.29) is 0 Å². The first-order chi connectivity index (χ1) is 9.20. The van der Waals surface area contributed by atoms with E-state index in [4.69, 9.17) is 4.74 Å². The number of ether oxygens (including phenoxy) is 1. The van der Waals surface area contributed by atoms with Gasteiger partial charge in [-0.2, -0.15) is 11.8 Å². The summed E-state index contributed by atoms with van der Waals surface area (Å²) in [6.07, 6.45) is 4.75. The second-order valence-electron chi connectivity index (χ2n) is 5.35. The van der Waals surface area contributed by atoms with Crippen LogP contribution in [-0.4, -0.2) is 41.3 Å². The van der Waals surface area contributed by atoms with Crippen LogP contribution in [0.5, 0.6) is 0 Å². The molecule has 1 aliphatic rings. The number of aromatic nitrogens is 2. The van der Waals surface area contributed by atoms with Gasteiger partial charge in [0.15, 0.2) is 0 Å². The number of hydrogen-bond donors (Lipinski definition) is 1. The maximum absolute atomic E-state index is 5.24. The minimum absolute atomic E-state index is 0.315. The van der Waals surface area contributed by atoms with Crippen LogP contribution in [-0.2, 0) is 4.74 Å². The molecule has 0 radical (unpaired) electrons. The molecule has 19 heavy (non-hydrogen) atoms. The number of nitrogens with one attached hydrogen (secondary N) is 1. The summed E-state index contributed by atoms with van der Waals surface area (Å²) in [5.41, 5.74) is 1.06. The molecular weight excluding hydrogens is 258 g/mol. The molecule has 108 valence electrons. The molecule has 0 spiro atoms. The third kappa shape index (κ3) is 4.14. The van der Waals surface area contributed by atoms with Gasteiger partial charge in [0.1, 0.15) is 0 Å². The van der Waals surface area contributed by atoms with E-state index in [1.165, 1.54) is 24.3 Å². The van der Waals surface area contributed by atoms with Crippen LogP contribution in [0.25, 0.3) is 0 Å². The Balaban J connectivity index is 1.94. The van der Waals surface area contributed by atoms with Gasteiger partial charge in [-0.25, -0.2) is 4.98 Å². The van der Waals surface area contributed by atoms with Crippen molar-refractivity contribution in [1.29, 1.82) is 0 Å². The van der Waals surface area contributed by atoms with E-state index in [1.807, 2.05) is 6.92 Å². The highest BCUT2D eigenvalue weighted by atomic mass is 32.2. The lowest BCUT2D eigenvalue weighted by molar-refractivity contribution is 0.163. The van der Waals surface area contributed by atoms with E-state index < -0.39 is 0 Å². The van der Waals surface area contributed by atoms with E-state index in [0.29, 0.717) is 12.6 Å². The summed E-state index contributed by atoms with van der Waals surface area (Å²) in [7, 11) is 1.74. The third-order valence-corrected chi connectivity index (χ3v) is 4.67. The van der Waals surface area contributed by atoms with Gasteiger partial charge in [0.2, 0.25) is 5.95 Å². The lowest BCUT2D eigenvalue weighted by atomic mass is 10.0. The standard InChI is InChI=1S/C14H25N3OS/c1-11-9-17(12(2)10-18-3)14(16-11)15-8-13-4-6-19-7-5-13/h9,12-13H,4-8,10H2,1-3H3,(H,15,16). The van der Waals surface area contributed by atoms with Gasteiger partial charge in [0, 0.05) is 19.9 Å². The fourth-order valence-electron chi connectivity index (χ4n) is 2.49. The number of imidazole rings is 1. The number of hydrogen-bond acceptors (Lipinski definition) is 4. The zero-order chi connectivity index (χ0) is 13.7. The van der Waals surface area contributed by atoms with Crippen LogP contribution in [0.4, 0.5) is 5.95 Å². The Bertz CT molecular complexity index is 388. The van der Waals surface area contributed by atoms with Gasteiger partial charge in [-0.3, -0.25) is 0 Å². The lowest BCUT2D eigenvalue weighted by Gasteiger charge is -2.23. The summed E-state index contributed by atoms with van der Waals surface area (Å²) in [4.78, 5) is 4.59. The summed E-state index contributed by atoms with van der Waals surface area (Å²) >= 11 is 2.07. The second-order valence-corrected chi connectivity index (χ2v) is 6.58. The van der Waals surface area contributed by atoms with Crippen LogP contribution < -0.4 is 5.32 Å². The topological polar surface area (TPSA) is 39.1 Å². The Morgan fingerprint density at radius 1 is 1.53 bits per heavy atom. The van der Waals surface area contributed by atoms with Crippen LogP contribution in [0.15, 0.2) is 6.20 Å². The quantitative estimate of drug-likeness (QED) is 0.871. The zero-order valence-electron chi connectivity index (χ0n) is 12.2. The lowest BCUT2D eigenvalue weighted by Crippen LogP contribution is -2.22. The predicted molar refractivity (Wildman–Crippen MR) is 82.1 cm³/mol. The summed E-state index contributed by atoms with van der Waals surface area (Å²) in [5.74, 6) is 4.39. The molecule has 1 fully saturated rings. The van der Waals surface area contributed by atoms with E-state index in [2.05, 4.69) is 39.8 Å². The van der Waals surface area contributed by atoms with E-state index in [9.17, 15) is 0 Å². The fraction of sp³-hybridized carbons (Fsp3) is 0.786. The van der Waals surface area contributed by atoms with E-state index in [0.717, 1.165) is 24.1 Å². The number of thioether (sulfide) groups is 1. The Hall–Kier alpha value is -0.680. The SMILES string of the molecule is COCC(C)n1cc(C)nc1NCC1CCSCC1. The molecular formula is C14H25N3OS. The van der Waals surface area contributed by atoms with Gasteiger partial charge in [-0.05, 0) is 44.1 Å². The maximum atomic E-state index is 5.24. The fourth-order valence-corrected chi connectivity index (χ4v) is 3.69. The summed E-state index contributed by atoms with van der Waals surface area (Å²) in [6.45, 7) is 5.95. The molecule has 1 aromatic heterocycles. The van der Waals surface area contributed by atoms with E-state index >= 15 is 0 Å². The molecule has 1 unspecified atom stereocenters. The van der Waals surface area contributed by atoms with Gasteiger partial charge in [0.25, 0.3) is 0 Å². The van der Waals surface area contributed by atoms with Crippen molar-refractivity contribution in [2.45, 2.75) is 32.7 Å². The number of methoxy groups -OCH3 is 1. The minimum Gasteiger partial charge on any atom is -0.383 e. The van der Waals surface area contributed by atoms with Crippen LogP contribution in [0.3, 0.4) is 0 Å². The number of nitrogens with zero attached hydrogens (tertiary/aromatic N) is 2. The van der Waals surface area contributed by atoms with Gasteiger partial charge in [-0.15, -0.1) is 0 Å². The predicted octanol–water partition coefficient (Wildman–Crippen LogP) is 2.95. The van der Waals surface area contributed by atoms with Crippen molar-refractivity contribution in [3.63, 3.8) is 0 Å². The van der Waals surface area contributed by atoms with Crippen molar-refractivity contribution in [3.05, 3.63) is 11.9 Å². The Labute approximate surface area is 120 Å². The smallest absolute Gasteiger partial charge is 0.203 e. The molecule has 2 rings (SSSR count). The first kappa shape index (κ1) is 14.7. The highest BCUT2D eigenvalue weighted by Gasteiger charge is 2.16. The highest BCUT2D eigenvalue weighted by Crippen LogP contribution is 2.23. The van der Waals surface area contributed by atoms with Crippen molar-refractivity contribution in [3.8, 4) is 0 Å². The molecule has 1 atom stereocenters. The van der Waals surface area contributed by atoms with Crippen LogP contribution in [0.2, 0.25) is 0 Å². The molecule has 0 amide bonds. The molecule has 0 aliphatic carbocycles. The second kappa shape index (κ2) is 7.20. The monoisotopic (exact) mass is 283 g/mol. The van der Waals surface area contributed by atoms with Crippen molar-refractivity contribution in [1.82, 2.24) is 9.55 Å². The number of aryl methyl sites for hydroxylation is 1. The van der Waals surface area contributed by atoms with Crippen molar-refractivity contribution in [2.75, 3.05) is 37.1 Å². The molecule has 1 aromatic rings. The maximum Gasteiger partial charge on any atom is 0.203 e. The highest BCUT2D eigenvalue weighted by molar-refractivity contribution is 7.99. The van der Waals surface area contributed by atoms with Gasteiger partial charge in [-0.1, -0.05) is 0 Å². The zero-order valence-corrected chi connectivity index (χ0v) is 13.0. The first-order valence-electron chi connectivity index (χ1n) is 7.06. The average Bonchev–Trinajstić information content (AvgIpc) is 2.79. The Kier molecular flexibility index (Phi) is 5.58. The largest absolute Gasteiger partial charge is 0.383 e. The van der Waals surface area contributed by atoms with Crippen molar-refractivity contribution >= 4 is 17.7 Å². The van der Waals surface area contributed by atoms with Crippen LogP contribution in [0.1, 0.15) is 31.5 Å². The van der Waals surface area contributed by atoms with Crippen LogP contribution >= 0.6 is 11.8 Å². The summed E-state index contributed by atoms with van der Waals surface area (Å²) < 4.78 is 7.43. The van der Waals surface area contributed by atoms with Crippen molar-refractivity contribution < 1.29 is 4.74 Å². The normalized spacial score (nSPS) is 18.5. The van der Waals surface area contributed by atoms with E-state index in [1.54, 1.807) is 7.11 Å². The Morgan fingerprint density at radius 3 is 2.95 bits per heavy atom. The summed E-state index contributed by atoms with van der Waals surface area (Å²) in [6, 6.07) is 0.315. The average molecular weight is 283 g/mol. The number of rotatable bonds is 6. The molecule has 5 heteroatoms. The molecule has 0 saturated carbocycles. The minimum atomic E-state index is 0.315. The van der Waals surface area contributed by atoms with Gasteiger partial charge >= 0.3 is 0 Å². The Morgan fingerprint density at radius 2 is 2.26 bits per heavy atom. The molecule has 1 aliphatic heterocycles. The first-order valence-corrected chi connectivity index (χ1v) is 8.22. The molecule has 1 saturated heterocycles. The van der Waals surface area contributed by atoms with Gasteiger partial charge < -0.3 is 14.6 Å². The molecule has 2 heterocycles. The molecule has 4 nitrogen and oxygen atoms in total.